The van der Waals surface area contributed by atoms with E-state index in [9.17, 15) is 18.1 Å². The zero-order chi connectivity index (χ0) is 10.5. The first kappa shape index (κ1) is 17.2. The molecule has 5 nitrogen and oxygen atoms in total. The maximum Gasteiger partial charge on any atom is 1.00 e. The van der Waals surface area contributed by atoms with Crippen LogP contribution in [0.4, 0.5) is 0 Å². The summed E-state index contributed by atoms with van der Waals surface area (Å²) >= 11 is 0. The van der Waals surface area contributed by atoms with Gasteiger partial charge in [-0.05, 0) is 6.42 Å². The zero-order valence-corrected chi connectivity index (χ0v) is 11.6. The second kappa shape index (κ2) is 7.16. The maximum absolute atomic E-state index is 10.5. The third kappa shape index (κ3) is 5.06. The number of hydrogen-bond acceptors (Lipinski definition) is 5. The molecule has 0 bridgehead atoms. The molecule has 0 aliphatic heterocycles. The van der Waals surface area contributed by atoms with Crippen molar-refractivity contribution in [1.29, 1.82) is 0 Å². The van der Waals surface area contributed by atoms with Gasteiger partial charge in [-0.2, -0.15) is 0 Å². The van der Waals surface area contributed by atoms with Gasteiger partial charge in [0.15, 0.2) is 10.1 Å². The van der Waals surface area contributed by atoms with Crippen LogP contribution in [0.1, 0.15) is 33.1 Å². The molecule has 0 aromatic heterocycles. The summed E-state index contributed by atoms with van der Waals surface area (Å²) in [5.74, 6) is 0. The second-order valence-electron chi connectivity index (χ2n) is 2.72. The Morgan fingerprint density at radius 3 is 2.21 bits per heavy atom. The molecule has 1 unspecified atom stereocenters. The molecule has 0 saturated heterocycles. The van der Waals surface area contributed by atoms with Crippen molar-refractivity contribution in [1.82, 2.24) is 0 Å². The first-order chi connectivity index (χ1) is 5.87. The monoisotopic (exact) mass is 234 g/mol. The van der Waals surface area contributed by atoms with Crippen LogP contribution in [0.3, 0.4) is 0 Å². The van der Waals surface area contributed by atoms with E-state index in [1.54, 1.807) is 0 Å². The van der Waals surface area contributed by atoms with Gasteiger partial charge in [-0.3, -0.25) is 0 Å². The number of rotatable bonds is 6. The SMILES string of the molecule is CCCCOC(O)(CC)S(=O)(=O)[O-].[Na+]. The molecule has 7 heteroatoms. The molecule has 0 saturated carbocycles. The molecule has 80 valence electrons. The Balaban J connectivity index is 0. The van der Waals surface area contributed by atoms with Crippen molar-refractivity contribution in [3.63, 3.8) is 0 Å². The Morgan fingerprint density at radius 2 is 1.93 bits per heavy atom. The number of ether oxygens (including phenoxy) is 1. The van der Waals surface area contributed by atoms with Gasteiger partial charge in [0, 0.05) is 6.42 Å². The Bertz CT molecular complexity index is 240. The van der Waals surface area contributed by atoms with Crippen molar-refractivity contribution in [2.24, 2.45) is 0 Å². The summed E-state index contributed by atoms with van der Waals surface area (Å²) in [6.45, 7) is 3.34. The van der Waals surface area contributed by atoms with Gasteiger partial charge in [0.1, 0.15) is 0 Å². The van der Waals surface area contributed by atoms with E-state index in [2.05, 4.69) is 4.74 Å². The minimum Gasteiger partial charge on any atom is -0.744 e. The van der Waals surface area contributed by atoms with Crippen molar-refractivity contribution in [3.05, 3.63) is 0 Å². The van der Waals surface area contributed by atoms with Gasteiger partial charge < -0.3 is 14.4 Å². The molecule has 0 aromatic carbocycles. The fourth-order valence-electron chi connectivity index (χ4n) is 0.727. The van der Waals surface area contributed by atoms with E-state index >= 15 is 0 Å². The van der Waals surface area contributed by atoms with Crippen LogP contribution in [0.25, 0.3) is 0 Å². The van der Waals surface area contributed by atoms with Gasteiger partial charge in [-0.15, -0.1) is 0 Å². The average molecular weight is 234 g/mol. The second-order valence-corrected chi connectivity index (χ2v) is 4.27. The minimum atomic E-state index is -4.81. The fraction of sp³-hybridized carbons (Fsp3) is 1.00. The maximum atomic E-state index is 10.5. The molecular weight excluding hydrogens is 219 g/mol. The molecule has 1 atom stereocenters. The molecule has 0 fully saturated rings. The molecule has 0 aliphatic rings. The van der Waals surface area contributed by atoms with Crippen molar-refractivity contribution in [3.8, 4) is 0 Å². The quantitative estimate of drug-likeness (QED) is 0.236. The molecule has 0 spiro atoms. The zero-order valence-electron chi connectivity index (χ0n) is 8.82. The summed E-state index contributed by atoms with van der Waals surface area (Å²) in [5.41, 5.74) is 0. The van der Waals surface area contributed by atoms with Crippen molar-refractivity contribution >= 4 is 10.1 Å². The van der Waals surface area contributed by atoms with Gasteiger partial charge in [-0.25, -0.2) is 8.42 Å². The smallest absolute Gasteiger partial charge is 0.744 e. The average Bonchev–Trinajstić information content (AvgIpc) is 2.02. The fourth-order valence-corrected chi connectivity index (χ4v) is 1.31. The van der Waals surface area contributed by atoms with Gasteiger partial charge >= 0.3 is 29.6 Å². The van der Waals surface area contributed by atoms with Crippen LogP contribution in [0.5, 0.6) is 0 Å². The van der Waals surface area contributed by atoms with Crippen molar-refractivity contribution < 1.29 is 52.4 Å². The van der Waals surface area contributed by atoms with Crippen molar-refractivity contribution in [2.45, 2.75) is 38.2 Å². The Hall–Kier alpha value is 0.830. The Morgan fingerprint density at radius 1 is 1.43 bits per heavy atom. The molecule has 0 amide bonds. The summed E-state index contributed by atoms with van der Waals surface area (Å²) in [6.07, 6.45) is 1.15. The van der Waals surface area contributed by atoms with Crippen LogP contribution >= 0.6 is 0 Å². The Kier molecular flexibility index (Phi) is 8.81. The largest absolute Gasteiger partial charge is 1.00 e. The standard InChI is InChI=1S/C7H16O5S.Na/c1-3-5-6-12-7(8,4-2)13(9,10)11;/h8H,3-6H2,1-2H3,(H,9,10,11);/q;+1/p-1. The summed E-state index contributed by atoms with van der Waals surface area (Å²) in [6, 6.07) is 0. The minimum absolute atomic E-state index is 0. The molecule has 0 aliphatic carbocycles. The summed E-state index contributed by atoms with van der Waals surface area (Å²) < 4.78 is 36.3. The van der Waals surface area contributed by atoms with Gasteiger partial charge in [0.05, 0.1) is 6.61 Å². The van der Waals surface area contributed by atoms with Crippen LogP contribution in [-0.2, 0) is 14.9 Å². The first-order valence-electron chi connectivity index (χ1n) is 4.19. The number of unbranched alkanes of at least 4 members (excludes halogenated alkanes) is 1. The van der Waals surface area contributed by atoms with E-state index in [1.165, 1.54) is 6.92 Å². The molecule has 1 N–H and O–H groups in total. The third-order valence-electron chi connectivity index (χ3n) is 1.66. The van der Waals surface area contributed by atoms with E-state index in [1.807, 2.05) is 6.92 Å². The number of hydrogen-bond donors (Lipinski definition) is 1. The van der Waals surface area contributed by atoms with E-state index in [0.717, 1.165) is 6.42 Å². The van der Waals surface area contributed by atoms with E-state index in [-0.39, 0.29) is 42.6 Å². The predicted octanol–water partition coefficient (Wildman–Crippen LogP) is -2.59. The van der Waals surface area contributed by atoms with Gasteiger partial charge in [0.2, 0.25) is 0 Å². The van der Waals surface area contributed by atoms with E-state index in [4.69, 9.17) is 0 Å². The summed E-state index contributed by atoms with van der Waals surface area (Å²) in [4.78, 5) is 0. The molecule has 14 heavy (non-hydrogen) atoms. The molecule has 0 heterocycles. The van der Waals surface area contributed by atoms with Crippen LogP contribution in [0, 0.1) is 0 Å². The molecule has 0 rings (SSSR count). The normalized spacial score (nSPS) is 15.7. The molecular formula is C7H15NaO5S. The van der Waals surface area contributed by atoms with Crippen LogP contribution in [0.15, 0.2) is 0 Å². The van der Waals surface area contributed by atoms with Crippen LogP contribution in [0.2, 0.25) is 0 Å². The van der Waals surface area contributed by atoms with E-state index in [0.29, 0.717) is 6.42 Å². The van der Waals surface area contributed by atoms with Crippen LogP contribution in [-0.4, -0.2) is 29.8 Å². The van der Waals surface area contributed by atoms with Crippen LogP contribution < -0.4 is 29.6 Å². The first-order valence-corrected chi connectivity index (χ1v) is 5.60. The Labute approximate surface area is 107 Å². The number of aliphatic hydroxyl groups is 1. The van der Waals surface area contributed by atoms with Gasteiger partial charge in [0.25, 0.3) is 5.12 Å². The summed E-state index contributed by atoms with van der Waals surface area (Å²) in [5, 5.41) is 6.71. The third-order valence-corrected chi connectivity index (χ3v) is 2.85. The van der Waals surface area contributed by atoms with Gasteiger partial charge in [-0.1, -0.05) is 20.3 Å². The molecule has 0 aromatic rings. The van der Waals surface area contributed by atoms with Crippen molar-refractivity contribution in [2.75, 3.05) is 6.61 Å². The summed E-state index contributed by atoms with van der Waals surface area (Å²) in [7, 11) is -4.81. The van der Waals surface area contributed by atoms with E-state index < -0.39 is 15.2 Å². The topological polar surface area (TPSA) is 86.7 Å². The predicted molar refractivity (Wildman–Crippen MR) is 45.8 cm³/mol. The molecule has 0 radical (unpaired) electrons.